The van der Waals surface area contributed by atoms with Crippen molar-refractivity contribution in [3.05, 3.63) is 60.2 Å². The Morgan fingerprint density at radius 1 is 1.11 bits per heavy atom. The monoisotopic (exact) mass is 379 g/mol. The summed E-state index contributed by atoms with van der Waals surface area (Å²) in [4.78, 5) is 16.6. The van der Waals surface area contributed by atoms with Gasteiger partial charge in [-0.1, -0.05) is 24.8 Å². The smallest absolute Gasteiger partial charge is 0.168 e. The minimum atomic E-state index is 0.429. The number of nitrogens with zero attached hydrogens (tertiary/aromatic N) is 4. The zero-order valence-electron chi connectivity index (χ0n) is 15.3. The fourth-order valence-electron chi connectivity index (χ4n) is 2.97. The second-order valence-corrected chi connectivity index (χ2v) is 7.21. The third kappa shape index (κ3) is 3.74. The van der Waals surface area contributed by atoms with Gasteiger partial charge in [0.15, 0.2) is 5.82 Å². The molecule has 4 rings (SSSR count). The van der Waals surface area contributed by atoms with Crippen molar-refractivity contribution < 1.29 is 4.74 Å². The molecule has 3 aromatic rings. The molecule has 1 aliphatic heterocycles. The lowest BCUT2D eigenvalue weighted by Crippen LogP contribution is -2.24. The Morgan fingerprint density at radius 2 is 2.00 bits per heavy atom. The van der Waals surface area contributed by atoms with Crippen LogP contribution in [-0.2, 0) is 17.7 Å². The summed E-state index contributed by atoms with van der Waals surface area (Å²) < 4.78 is 5.41. The van der Waals surface area contributed by atoms with Crippen LogP contribution >= 0.6 is 11.8 Å². The number of nitrogens with one attached hydrogen (secondary N) is 1. The summed E-state index contributed by atoms with van der Waals surface area (Å²) >= 11 is 1.64. The molecule has 0 bridgehead atoms. The van der Waals surface area contributed by atoms with Gasteiger partial charge in [0.1, 0.15) is 11.8 Å². The van der Waals surface area contributed by atoms with Crippen molar-refractivity contribution in [3.63, 3.8) is 0 Å². The molecule has 0 atom stereocenters. The zero-order valence-corrected chi connectivity index (χ0v) is 16.2. The van der Waals surface area contributed by atoms with Crippen LogP contribution in [0.2, 0.25) is 0 Å². The first kappa shape index (κ1) is 17.8. The number of fused-ring (bicyclic) bond motifs is 2. The Kier molecular flexibility index (Phi) is 5.22. The Labute approximate surface area is 163 Å². The molecule has 0 amide bonds. The van der Waals surface area contributed by atoms with Crippen LogP contribution in [0.5, 0.6) is 0 Å². The van der Waals surface area contributed by atoms with Gasteiger partial charge < -0.3 is 10.1 Å². The van der Waals surface area contributed by atoms with Crippen molar-refractivity contribution in [3.8, 4) is 0 Å². The van der Waals surface area contributed by atoms with Crippen LogP contribution in [0.1, 0.15) is 18.2 Å². The normalized spacial score (nSPS) is 12.4. The van der Waals surface area contributed by atoms with E-state index in [0.717, 1.165) is 45.8 Å². The first-order valence-electron chi connectivity index (χ1n) is 8.85. The highest BCUT2D eigenvalue weighted by molar-refractivity contribution is 7.99. The number of ether oxygens (including phenoxy) is 1. The van der Waals surface area contributed by atoms with Gasteiger partial charge in [0.25, 0.3) is 0 Å². The number of aryl methyl sites for hydroxylation is 1. The molecule has 6 nitrogen and oxygen atoms in total. The predicted octanol–water partition coefficient (Wildman–Crippen LogP) is 4.25. The van der Waals surface area contributed by atoms with Crippen molar-refractivity contribution in [2.24, 2.45) is 0 Å². The Balaban J connectivity index is 1.56. The number of benzene rings is 1. The van der Waals surface area contributed by atoms with Gasteiger partial charge in [0.05, 0.1) is 17.6 Å². The van der Waals surface area contributed by atoms with Crippen LogP contribution in [0.4, 0.5) is 17.2 Å². The van der Waals surface area contributed by atoms with E-state index in [-0.39, 0.29) is 0 Å². The maximum absolute atomic E-state index is 5.41. The van der Waals surface area contributed by atoms with E-state index in [1.165, 1.54) is 5.56 Å². The lowest BCUT2D eigenvalue weighted by atomic mass is 10.1. The molecule has 27 heavy (non-hydrogen) atoms. The standard InChI is InChI=1S/C20H21N5OS/c1-3-15-5-6-16(12-24-15)23-11-14-4-7-18-17(10-14)25(13-26-2)19-20(27-18)22-9-8-21-19/h4-10,12,23H,3,11,13H2,1-2H3. The van der Waals surface area contributed by atoms with Crippen LogP contribution in [-0.4, -0.2) is 28.8 Å². The molecule has 1 N–H and O–H groups in total. The summed E-state index contributed by atoms with van der Waals surface area (Å²) in [6, 6.07) is 10.6. The van der Waals surface area contributed by atoms with Crippen molar-refractivity contribution in [1.29, 1.82) is 0 Å². The van der Waals surface area contributed by atoms with Gasteiger partial charge in [-0.2, -0.15) is 0 Å². The van der Waals surface area contributed by atoms with Crippen LogP contribution in [0.3, 0.4) is 0 Å². The van der Waals surface area contributed by atoms with Gasteiger partial charge in [-0.25, -0.2) is 9.97 Å². The van der Waals surface area contributed by atoms with Crippen molar-refractivity contribution >= 4 is 29.0 Å². The molecule has 7 heteroatoms. The Morgan fingerprint density at radius 3 is 2.78 bits per heavy atom. The predicted molar refractivity (Wildman–Crippen MR) is 108 cm³/mol. The summed E-state index contributed by atoms with van der Waals surface area (Å²) in [6.07, 6.45) is 6.27. The van der Waals surface area contributed by atoms with Gasteiger partial charge in [0, 0.05) is 36.6 Å². The number of hydrogen-bond donors (Lipinski definition) is 1. The molecular weight excluding hydrogens is 358 g/mol. The number of pyridine rings is 1. The van der Waals surface area contributed by atoms with Crippen molar-refractivity contribution in [2.75, 3.05) is 24.1 Å². The van der Waals surface area contributed by atoms with Crippen molar-refractivity contribution in [1.82, 2.24) is 15.0 Å². The first-order valence-corrected chi connectivity index (χ1v) is 9.67. The van der Waals surface area contributed by atoms with E-state index >= 15 is 0 Å². The highest BCUT2D eigenvalue weighted by atomic mass is 32.2. The molecule has 0 aliphatic carbocycles. The summed E-state index contributed by atoms with van der Waals surface area (Å²) in [5, 5.41) is 4.34. The summed E-state index contributed by atoms with van der Waals surface area (Å²) in [6.45, 7) is 3.26. The SMILES string of the molecule is CCc1ccc(NCc2ccc3c(c2)N(COC)c2nccnc2S3)cn1. The highest BCUT2D eigenvalue weighted by Crippen LogP contribution is 2.46. The van der Waals surface area contributed by atoms with Crippen molar-refractivity contribution in [2.45, 2.75) is 29.8 Å². The fraction of sp³-hybridized carbons (Fsp3) is 0.250. The molecule has 2 aromatic heterocycles. The Bertz CT molecular complexity index is 932. The average Bonchev–Trinajstić information content (AvgIpc) is 2.72. The number of methoxy groups -OCH3 is 1. The minimum absolute atomic E-state index is 0.429. The van der Waals surface area contributed by atoms with Crippen LogP contribution < -0.4 is 10.2 Å². The maximum Gasteiger partial charge on any atom is 0.168 e. The minimum Gasteiger partial charge on any atom is -0.380 e. The van der Waals surface area contributed by atoms with Crippen LogP contribution in [0.15, 0.2) is 58.8 Å². The van der Waals surface area contributed by atoms with E-state index in [1.54, 1.807) is 31.3 Å². The highest BCUT2D eigenvalue weighted by Gasteiger charge is 2.25. The molecule has 0 spiro atoms. The lowest BCUT2D eigenvalue weighted by molar-refractivity contribution is 0.204. The zero-order chi connectivity index (χ0) is 18.6. The molecule has 0 saturated carbocycles. The van der Waals surface area contributed by atoms with Gasteiger partial charge in [0.2, 0.25) is 0 Å². The summed E-state index contributed by atoms with van der Waals surface area (Å²) in [5.41, 5.74) is 4.39. The van der Waals surface area contributed by atoms with E-state index in [9.17, 15) is 0 Å². The lowest BCUT2D eigenvalue weighted by Gasteiger charge is -2.30. The topological polar surface area (TPSA) is 63.2 Å². The molecule has 138 valence electrons. The number of aromatic nitrogens is 3. The largest absolute Gasteiger partial charge is 0.380 e. The third-order valence-corrected chi connectivity index (χ3v) is 5.41. The number of rotatable bonds is 6. The van der Waals surface area contributed by atoms with E-state index in [0.29, 0.717) is 6.73 Å². The van der Waals surface area contributed by atoms with E-state index in [1.807, 2.05) is 6.20 Å². The van der Waals surface area contributed by atoms with E-state index in [4.69, 9.17) is 4.74 Å². The van der Waals surface area contributed by atoms with Crippen LogP contribution in [0.25, 0.3) is 0 Å². The maximum atomic E-state index is 5.41. The second-order valence-electron chi connectivity index (χ2n) is 6.18. The molecule has 0 fully saturated rings. The molecule has 3 heterocycles. The summed E-state index contributed by atoms with van der Waals surface area (Å²) in [7, 11) is 1.69. The van der Waals surface area contributed by atoms with E-state index in [2.05, 4.69) is 62.4 Å². The first-order chi connectivity index (χ1) is 13.3. The molecule has 0 radical (unpaired) electrons. The van der Waals surface area contributed by atoms with Gasteiger partial charge in [-0.3, -0.25) is 9.88 Å². The summed E-state index contributed by atoms with van der Waals surface area (Å²) in [5.74, 6) is 0.835. The van der Waals surface area contributed by atoms with Gasteiger partial charge >= 0.3 is 0 Å². The van der Waals surface area contributed by atoms with E-state index < -0.39 is 0 Å². The molecule has 1 aromatic carbocycles. The number of anilines is 3. The van der Waals surface area contributed by atoms with Gasteiger partial charge in [-0.05, 0) is 36.2 Å². The molecule has 0 saturated heterocycles. The Hall–Kier alpha value is -2.64. The quantitative estimate of drug-likeness (QED) is 0.687. The third-order valence-electron chi connectivity index (χ3n) is 4.36. The number of hydrogen-bond acceptors (Lipinski definition) is 7. The second kappa shape index (κ2) is 7.94. The molecule has 1 aliphatic rings. The average molecular weight is 379 g/mol. The van der Waals surface area contributed by atoms with Crippen LogP contribution in [0, 0.1) is 0 Å². The van der Waals surface area contributed by atoms with Gasteiger partial charge in [-0.15, -0.1) is 0 Å². The molecule has 0 unspecified atom stereocenters. The molecular formula is C20H21N5OS. The fourth-order valence-corrected chi connectivity index (χ4v) is 3.95.